The molecule has 0 aromatic rings. The molecule has 0 atom stereocenters. The molecule has 1 saturated heterocycles. The Balaban J connectivity index is 2.26. The van der Waals surface area contributed by atoms with E-state index in [-0.39, 0.29) is 18.0 Å². The van der Waals surface area contributed by atoms with Crippen LogP contribution in [0.25, 0.3) is 0 Å². The van der Waals surface area contributed by atoms with Gasteiger partial charge in [0.1, 0.15) is 0 Å². The van der Waals surface area contributed by atoms with Gasteiger partial charge in [0, 0.05) is 19.1 Å². The first-order valence-corrected chi connectivity index (χ1v) is 6.03. The molecule has 1 rings (SSSR count). The average molecular weight is 243 g/mol. The normalized spacial score (nSPS) is 16.7. The summed E-state index contributed by atoms with van der Waals surface area (Å²) in [6, 6.07) is 0.168. The molecule has 0 aromatic carbocycles. The third kappa shape index (κ3) is 4.60. The van der Waals surface area contributed by atoms with E-state index in [0.29, 0.717) is 26.2 Å². The number of nitrogens with one attached hydrogen (secondary N) is 2. The fourth-order valence-corrected chi connectivity index (χ4v) is 1.86. The Morgan fingerprint density at radius 2 is 2.00 bits per heavy atom. The predicted molar refractivity (Wildman–Crippen MR) is 63.7 cm³/mol. The lowest BCUT2D eigenvalue weighted by molar-refractivity contribution is -0.121. The van der Waals surface area contributed by atoms with E-state index in [0.717, 1.165) is 12.8 Å². The van der Waals surface area contributed by atoms with Crippen LogP contribution in [0.5, 0.6) is 0 Å². The van der Waals surface area contributed by atoms with Gasteiger partial charge in [-0.25, -0.2) is 4.79 Å². The monoisotopic (exact) mass is 243 g/mol. The number of likely N-dealkylation sites (tertiary alicyclic amines) is 1. The van der Waals surface area contributed by atoms with Crippen molar-refractivity contribution in [2.45, 2.75) is 25.8 Å². The Hall–Kier alpha value is -1.30. The van der Waals surface area contributed by atoms with Crippen LogP contribution in [-0.4, -0.2) is 56.2 Å². The van der Waals surface area contributed by atoms with Crippen molar-refractivity contribution in [1.29, 1.82) is 0 Å². The third-order valence-electron chi connectivity index (χ3n) is 2.72. The van der Waals surface area contributed by atoms with Gasteiger partial charge in [0.25, 0.3) is 0 Å². The van der Waals surface area contributed by atoms with Crippen LogP contribution in [0.2, 0.25) is 0 Å². The van der Waals surface area contributed by atoms with Crippen LogP contribution in [0.15, 0.2) is 0 Å². The number of nitrogens with zero attached hydrogens (tertiary/aromatic N) is 1. The van der Waals surface area contributed by atoms with Gasteiger partial charge in [-0.2, -0.15) is 0 Å². The molecular weight excluding hydrogens is 222 g/mol. The maximum absolute atomic E-state index is 11.4. The minimum atomic E-state index is -0.257. The van der Waals surface area contributed by atoms with E-state index >= 15 is 0 Å². The highest BCUT2D eigenvalue weighted by Crippen LogP contribution is 2.11. The summed E-state index contributed by atoms with van der Waals surface area (Å²) in [5.41, 5.74) is 0. The molecule has 17 heavy (non-hydrogen) atoms. The summed E-state index contributed by atoms with van der Waals surface area (Å²) in [5, 5.41) is 5.74. The van der Waals surface area contributed by atoms with Crippen LogP contribution in [0.4, 0.5) is 4.79 Å². The van der Waals surface area contributed by atoms with Crippen LogP contribution in [0, 0.1) is 0 Å². The second-order valence-corrected chi connectivity index (χ2v) is 4.06. The molecule has 6 heteroatoms. The van der Waals surface area contributed by atoms with Crippen molar-refractivity contribution < 1.29 is 14.3 Å². The summed E-state index contributed by atoms with van der Waals surface area (Å²) in [4.78, 5) is 24.5. The first-order chi connectivity index (χ1) is 8.17. The summed E-state index contributed by atoms with van der Waals surface area (Å²) in [6.07, 6.45) is 1.32. The number of piperidine rings is 1. The fourth-order valence-electron chi connectivity index (χ4n) is 1.86. The molecule has 6 nitrogen and oxygen atoms in total. The second kappa shape index (κ2) is 7.11. The van der Waals surface area contributed by atoms with Crippen molar-refractivity contribution in [2.75, 3.05) is 33.3 Å². The van der Waals surface area contributed by atoms with E-state index in [4.69, 9.17) is 4.74 Å². The minimum absolute atomic E-state index is 0.00193. The number of amides is 2. The molecule has 0 bridgehead atoms. The molecule has 2 amide bonds. The van der Waals surface area contributed by atoms with Gasteiger partial charge in [-0.3, -0.25) is 4.79 Å². The maximum Gasteiger partial charge on any atom is 0.409 e. The molecule has 0 saturated carbocycles. The molecule has 1 heterocycles. The van der Waals surface area contributed by atoms with Crippen molar-refractivity contribution >= 4 is 12.0 Å². The zero-order chi connectivity index (χ0) is 12.7. The van der Waals surface area contributed by atoms with E-state index in [1.807, 2.05) is 0 Å². The largest absolute Gasteiger partial charge is 0.450 e. The van der Waals surface area contributed by atoms with Crippen molar-refractivity contribution in [3.05, 3.63) is 0 Å². The lowest BCUT2D eigenvalue weighted by Crippen LogP contribution is -2.48. The molecule has 0 spiro atoms. The van der Waals surface area contributed by atoms with E-state index < -0.39 is 0 Å². The summed E-state index contributed by atoms with van der Waals surface area (Å²) in [6.45, 7) is 3.81. The highest BCUT2D eigenvalue weighted by Gasteiger charge is 2.24. The second-order valence-electron chi connectivity index (χ2n) is 4.06. The molecule has 1 fully saturated rings. The first-order valence-electron chi connectivity index (χ1n) is 6.03. The van der Waals surface area contributed by atoms with Crippen molar-refractivity contribution in [1.82, 2.24) is 15.5 Å². The number of likely N-dealkylation sites (N-methyl/N-ethyl adjacent to an activating group) is 1. The van der Waals surface area contributed by atoms with Crippen molar-refractivity contribution in [3.8, 4) is 0 Å². The zero-order valence-corrected chi connectivity index (χ0v) is 10.5. The Labute approximate surface area is 102 Å². The number of ether oxygens (including phenoxy) is 1. The lowest BCUT2D eigenvalue weighted by Gasteiger charge is -2.31. The summed E-state index contributed by atoms with van der Waals surface area (Å²) < 4.78 is 4.93. The first kappa shape index (κ1) is 13.8. The molecule has 0 radical (unpaired) electrons. The maximum atomic E-state index is 11.4. The molecule has 1 aliphatic heterocycles. The molecule has 2 N–H and O–H groups in total. The van der Waals surface area contributed by atoms with Crippen LogP contribution < -0.4 is 10.6 Å². The average Bonchev–Trinajstić information content (AvgIpc) is 2.30. The van der Waals surface area contributed by atoms with E-state index in [1.54, 1.807) is 18.9 Å². The Morgan fingerprint density at radius 1 is 1.35 bits per heavy atom. The van der Waals surface area contributed by atoms with E-state index in [1.165, 1.54) is 0 Å². The summed E-state index contributed by atoms with van der Waals surface area (Å²) >= 11 is 0. The van der Waals surface area contributed by atoms with Gasteiger partial charge in [-0.05, 0) is 26.8 Å². The Bertz CT molecular complexity index is 263. The smallest absolute Gasteiger partial charge is 0.409 e. The summed E-state index contributed by atoms with van der Waals surface area (Å²) in [5.74, 6) is 0.00193. The van der Waals surface area contributed by atoms with Gasteiger partial charge in [0.2, 0.25) is 5.91 Å². The summed E-state index contributed by atoms with van der Waals surface area (Å²) in [7, 11) is 1.74. The molecule has 0 unspecified atom stereocenters. The molecular formula is C11H21N3O3. The topological polar surface area (TPSA) is 70.7 Å². The molecule has 1 aliphatic rings. The fraction of sp³-hybridized carbons (Fsp3) is 0.818. The van der Waals surface area contributed by atoms with Crippen LogP contribution in [-0.2, 0) is 9.53 Å². The third-order valence-corrected chi connectivity index (χ3v) is 2.72. The van der Waals surface area contributed by atoms with Gasteiger partial charge >= 0.3 is 6.09 Å². The van der Waals surface area contributed by atoms with E-state index in [2.05, 4.69) is 10.6 Å². The number of carbonyl (C=O) groups is 2. The Kier molecular flexibility index (Phi) is 5.76. The van der Waals surface area contributed by atoms with Gasteiger partial charge in [0.05, 0.1) is 13.2 Å². The number of rotatable bonds is 4. The molecule has 0 aromatic heterocycles. The number of hydrogen-bond acceptors (Lipinski definition) is 4. The van der Waals surface area contributed by atoms with Gasteiger partial charge in [-0.1, -0.05) is 0 Å². The highest BCUT2D eigenvalue weighted by molar-refractivity contribution is 5.78. The van der Waals surface area contributed by atoms with Crippen LogP contribution in [0.1, 0.15) is 19.8 Å². The van der Waals surface area contributed by atoms with Gasteiger partial charge in [-0.15, -0.1) is 0 Å². The lowest BCUT2D eigenvalue weighted by atomic mass is 10.1. The molecule has 0 aliphatic carbocycles. The van der Waals surface area contributed by atoms with Crippen LogP contribution in [0.3, 0.4) is 0 Å². The Morgan fingerprint density at radius 3 is 2.53 bits per heavy atom. The molecule has 98 valence electrons. The van der Waals surface area contributed by atoms with Crippen molar-refractivity contribution in [2.24, 2.45) is 0 Å². The zero-order valence-electron chi connectivity index (χ0n) is 10.5. The number of carbonyl (C=O) groups excluding carboxylic acids is 2. The SMILES string of the molecule is CCOC(=O)N1CCC(NC(=O)CNC)CC1. The number of hydrogen-bond donors (Lipinski definition) is 2. The minimum Gasteiger partial charge on any atom is -0.450 e. The van der Waals surface area contributed by atoms with Crippen LogP contribution >= 0.6 is 0 Å². The quantitative estimate of drug-likeness (QED) is 0.726. The van der Waals surface area contributed by atoms with E-state index in [9.17, 15) is 9.59 Å². The predicted octanol–water partition coefficient (Wildman–Crippen LogP) is -0.0571. The van der Waals surface area contributed by atoms with Crippen molar-refractivity contribution in [3.63, 3.8) is 0 Å². The highest BCUT2D eigenvalue weighted by atomic mass is 16.6. The standard InChI is InChI=1S/C11H21N3O3/c1-3-17-11(16)14-6-4-9(5-7-14)13-10(15)8-12-2/h9,12H,3-8H2,1-2H3,(H,13,15). The van der Waals surface area contributed by atoms with Gasteiger partial charge in [0.15, 0.2) is 0 Å². The van der Waals surface area contributed by atoms with Gasteiger partial charge < -0.3 is 20.3 Å².